The molecular weight excluding hydrogens is 366 g/mol. The van der Waals surface area contributed by atoms with Crippen molar-refractivity contribution in [3.05, 3.63) is 36.2 Å². The predicted molar refractivity (Wildman–Crippen MR) is 111 cm³/mol. The molecule has 1 N–H and O–H groups in total. The quantitative estimate of drug-likeness (QED) is 0.799. The topological polar surface area (TPSA) is 67.5 Å². The highest BCUT2D eigenvalue weighted by atomic mass is 16.3. The number of rotatable bonds is 6. The zero-order chi connectivity index (χ0) is 20.6. The molecule has 1 aliphatic heterocycles. The lowest BCUT2D eigenvalue weighted by Crippen LogP contribution is -2.66. The summed E-state index contributed by atoms with van der Waals surface area (Å²) in [6.07, 6.45) is 6.70. The summed E-state index contributed by atoms with van der Waals surface area (Å²) in [5.74, 6) is 1.11. The van der Waals surface area contributed by atoms with Gasteiger partial charge in [0.1, 0.15) is 17.0 Å². The van der Waals surface area contributed by atoms with Crippen molar-refractivity contribution in [2.45, 2.75) is 71.0 Å². The molecule has 0 saturated heterocycles. The van der Waals surface area contributed by atoms with Gasteiger partial charge >= 0.3 is 0 Å². The lowest BCUT2D eigenvalue weighted by Gasteiger charge is -2.47. The van der Waals surface area contributed by atoms with Gasteiger partial charge in [-0.05, 0) is 56.4 Å². The summed E-state index contributed by atoms with van der Waals surface area (Å²) in [4.78, 5) is 28.9. The van der Waals surface area contributed by atoms with E-state index in [2.05, 4.69) is 19.2 Å². The van der Waals surface area contributed by atoms with Crippen LogP contribution in [0.3, 0.4) is 0 Å². The van der Waals surface area contributed by atoms with Crippen LogP contribution in [0.2, 0.25) is 0 Å². The van der Waals surface area contributed by atoms with Crippen molar-refractivity contribution in [1.29, 1.82) is 0 Å². The fourth-order valence-corrected chi connectivity index (χ4v) is 4.77. The Morgan fingerprint density at radius 2 is 1.97 bits per heavy atom. The average molecular weight is 398 g/mol. The summed E-state index contributed by atoms with van der Waals surface area (Å²) in [5, 5.41) is 3.11. The molecule has 0 aromatic carbocycles. The van der Waals surface area contributed by atoms with Gasteiger partial charge in [0.05, 0.1) is 18.5 Å². The maximum atomic E-state index is 13.6. The highest BCUT2D eigenvalue weighted by Gasteiger charge is 2.50. The molecular formula is C23H31N3O3. The second kappa shape index (κ2) is 7.73. The Kier molecular flexibility index (Phi) is 5.28. The molecule has 0 radical (unpaired) electrons. The lowest BCUT2D eigenvalue weighted by atomic mass is 9.91. The zero-order valence-corrected chi connectivity index (χ0v) is 17.6. The van der Waals surface area contributed by atoms with Gasteiger partial charge in [-0.2, -0.15) is 0 Å². The molecule has 6 heteroatoms. The van der Waals surface area contributed by atoms with Gasteiger partial charge in [-0.3, -0.25) is 9.59 Å². The van der Waals surface area contributed by atoms with Crippen LogP contribution in [0, 0.1) is 5.92 Å². The van der Waals surface area contributed by atoms with Gasteiger partial charge in [0.15, 0.2) is 0 Å². The SMILES string of the molecule is CC(C)CCNC(=O)C1(C)Cn2c(ccc2-c2ccco2)C(=O)N1C1CCCC1. The first-order valence-corrected chi connectivity index (χ1v) is 10.8. The normalized spacial score (nSPS) is 22.3. The molecule has 156 valence electrons. The van der Waals surface area contributed by atoms with Crippen LogP contribution >= 0.6 is 0 Å². The number of nitrogens with zero attached hydrogens (tertiary/aromatic N) is 2. The molecule has 1 saturated carbocycles. The number of carbonyl (C=O) groups is 2. The summed E-state index contributed by atoms with van der Waals surface area (Å²) >= 11 is 0. The van der Waals surface area contributed by atoms with Gasteiger partial charge in [0, 0.05) is 12.6 Å². The Morgan fingerprint density at radius 1 is 1.24 bits per heavy atom. The highest BCUT2D eigenvalue weighted by Crippen LogP contribution is 2.38. The minimum Gasteiger partial charge on any atom is -0.463 e. The predicted octanol–water partition coefficient (Wildman–Crippen LogP) is 4.07. The van der Waals surface area contributed by atoms with Gasteiger partial charge in [-0.25, -0.2) is 0 Å². The number of hydrogen-bond acceptors (Lipinski definition) is 3. The van der Waals surface area contributed by atoms with Crippen LogP contribution in [0.5, 0.6) is 0 Å². The maximum absolute atomic E-state index is 13.6. The monoisotopic (exact) mass is 397 g/mol. The van der Waals surface area contributed by atoms with E-state index in [1.807, 2.05) is 40.7 Å². The molecule has 2 amide bonds. The lowest BCUT2D eigenvalue weighted by molar-refractivity contribution is -0.134. The third-order valence-electron chi connectivity index (χ3n) is 6.38. The fourth-order valence-electron chi connectivity index (χ4n) is 4.77. The molecule has 2 aromatic rings. The van der Waals surface area contributed by atoms with E-state index in [-0.39, 0.29) is 17.9 Å². The first-order valence-electron chi connectivity index (χ1n) is 10.8. The van der Waals surface area contributed by atoms with Crippen LogP contribution in [0.4, 0.5) is 0 Å². The number of fused-ring (bicyclic) bond motifs is 1. The molecule has 1 atom stereocenters. The van der Waals surface area contributed by atoms with Gasteiger partial charge in [-0.15, -0.1) is 0 Å². The van der Waals surface area contributed by atoms with E-state index in [9.17, 15) is 9.59 Å². The average Bonchev–Trinajstić information content (AvgIpc) is 3.42. The summed E-state index contributed by atoms with van der Waals surface area (Å²) in [7, 11) is 0. The number of hydrogen-bond donors (Lipinski definition) is 1. The van der Waals surface area contributed by atoms with Crippen molar-refractivity contribution in [3.63, 3.8) is 0 Å². The van der Waals surface area contributed by atoms with Gasteiger partial charge in [-0.1, -0.05) is 26.7 Å². The molecule has 6 nitrogen and oxygen atoms in total. The van der Waals surface area contributed by atoms with Gasteiger partial charge in [0.25, 0.3) is 5.91 Å². The summed E-state index contributed by atoms with van der Waals surface area (Å²) in [6, 6.07) is 7.62. The molecule has 3 heterocycles. The molecule has 2 aliphatic rings. The molecule has 1 fully saturated rings. The largest absolute Gasteiger partial charge is 0.463 e. The second-order valence-electron chi connectivity index (χ2n) is 8.99. The highest BCUT2D eigenvalue weighted by molar-refractivity contribution is 6.00. The Labute approximate surface area is 172 Å². The molecule has 29 heavy (non-hydrogen) atoms. The number of carbonyl (C=O) groups excluding carboxylic acids is 2. The molecule has 4 rings (SSSR count). The molecule has 0 bridgehead atoms. The molecule has 0 spiro atoms. The van der Waals surface area contributed by atoms with E-state index < -0.39 is 5.54 Å². The van der Waals surface area contributed by atoms with E-state index >= 15 is 0 Å². The Balaban J connectivity index is 1.71. The van der Waals surface area contributed by atoms with E-state index in [0.29, 0.717) is 30.5 Å². The zero-order valence-electron chi connectivity index (χ0n) is 17.6. The van der Waals surface area contributed by atoms with Crippen LogP contribution in [0.15, 0.2) is 34.9 Å². The smallest absolute Gasteiger partial charge is 0.271 e. The van der Waals surface area contributed by atoms with Crippen molar-refractivity contribution >= 4 is 11.8 Å². The van der Waals surface area contributed by atoms with Crippen molar-refractivity contribution in [2.24, 2.45) is 5.92 Å². The van der Waals surface area contributed by atoms with Crippen LogP contribution in [-0.2, 0) is 11.3 Å². The maximum Gasteiger partial charge on any atom is 0.271 e. The molecule has 1 unspecified atom stereocenters. The minimum absolute atomic E-state index is 0.0533. The van der Waals surface area contributed by atoms with Crippen LogP contribution in [0.1, 0.15) is 63.4 Å². The Bertz CT molecular complexity index is 877. The number of furan rings is 1. The van der Waals surface area contributed by atoms with E-state index in [0.717, 1.165) is 37.8 Å². The fraction of sp³-hybridized carbons (Fsp3) is 0.565. The molecule has 2 aromatic heterocycles. The van der Waals surface area contributed by atoms with Crippen LogP contribution < -0.4 is 5.32 Å². The van der Waals surface area contributed by atoms with Gasteiger partial charge < -0.3 is 19.2 Å². The van der Waals surface area contributed by atoms with Crippen molar-refractivity contribution < 1.29 is 14.0 Å². The standard InChI is InChI=1S/C23H31N3O3/c1-16(2)12-13-24-22(28)23(3)15-25-18(20-9-6-14-29-20)10-11-19(25)21(27)26(23)17-7-4-5-8-17/h6,9-11,14,16-17H,4-5,7-8,12-13,15H2,1-3H3,(H,24,28). The Morgan fingerprint density at radius 3 is 2.62 bits per heavy atom. The summed E-state index contributed by atoms with van der Waals surface area (Å²) in [5.41, 5.74) is 0.553. The Hall–Kier alpha value is -2.50. The van der Waals surface area contributed by atoms with Gasteiger partial charge in [0.2, 0.25) is 5.91 Å². The van der Waals surface area contributed by atoms with E-state index in [4.69, 9.17) is 4.42 Å². The second-order valence-corrected chi connectivity index (χ2v) is 8.99. The van der Waals surface area contributed by atoms with Crippen LogP contribution in [0.25, 0.3) is 11.5 Å². The first kappa shape index (κ1) is 19.8. The number of amides is 2. The van der Waals surface area contributed by atoms with Crippen molar-refractivity contribution in [3.8, 4) is 11.5 Å². The van der Waals surface area contributed by atoms with E-state index in [1.165, 1.54) is 0 Å². The third-order valence-corrected chi connectivity index (χ3v) is 6.38. The minimum atomic E-state index is -0.920. The first-order chi connectivity index (χ1) is 13.9. The van der Waals surface area contributed by atoms with E-state index in [1.54, 1.807) is 6.26 Å². The van der Waals surface area contributed by atoms with Crippen molar-refractivity contribution in [2.75, 3.05) is 6.54 Å². The third kappa shape index (κ3) is 3.49. The van der Waals surface area contributed by atoms with Crippen molar-refractivity contribution in [1.82, 2.24) is 14.8 Å². The number of nitrogens with one attached hydrogen (secondary N) is 1. The summed E-state index contributed by atoms with van der Waals surface area (Å²) in [6.45, 7) is 7.27. The molecule has 1 aliphatic carbocycles. The summed E-state index contributed by atoms with van der Waals surface area (Å²) < 4.78 is 7.53. The van der Waals surface area contributed by atoms with Crippen LogP contribution in [-0.4, -0.2) is 39.4 Å². The number of aromatic nitrogens is 1.